The van der Waals surface area contributed by atoms with Crippen LogP contribution in [0, 0.1) is 5.92 Å². The van der Waals surface area contributed by atoms with Crippen molar-refractivity contribution in [1.82, 2.24) is 4.98 Å². The lowest BCUT2D eigenvalue weighted by Gasteiger charge is -2.17. The molecule has 1 aromatic heterocycles. The molecule has 0 aliphatic rings. The van der Waals surface area contributed by atoms with Crippen molar-refractivity contribution in [1.29, 1.82) is 0 Å². The second kappa shape index (κ2) is 5.80. The average molecular weight is 257 g/mol. The lowest BCUT2D eigenvalue weighted by Crippen LogP contribution is -2.40. The number of aromatic nitrogens is 1. The van der Waals surface area contributed by atoms with Gasteiger partial charge in [0.05, 0.1) is 11.6 Å². The normalized spacial score (nSPS) is 14.1. The maximum Gasteiger partial charge on any atom is 0.241 e. The summed E-state index contributed by atoms with van der Waals surface area (Å²) in [7, 11) is 0. The van der Waals surface area contributed by atoms with Crippen molar-refractivity contribution in [2.45, 2.75) is 26.3 Å². The molecule has 4 nitrogen and oxygen atoms in total. The first kappa shape index (κ1) is 13.5. The van der Waals surface area contributed by atoms with Gasteiger partial charge in [0, 0.05) is 17.3 Å². The first-order chi connectivity index (χ1) is 9.11. The third-order valence-corrected chi connectivity index (χ3v) is 3.43. The van der Waals surface area contributed by atoms with E-state index in [2.05, 4.69) is 10.3 Å². The molecule has 0 radical (unpaired) electrons. The van der Waals surface area contributed by atoms with Gasteiger partial charge in [-0.1, -0.05) is 26.3 Å². The fraction of sp³-hybridized carbons (Fsp3) is 0.333. The third-order valence-electron chi connectivity index (χ3n) is 3.43. The number of carbonyl (C=O) groups is 1. The summed E-state index contributed by atoms with van der Waals surface area (Å²) in [6, 6.07) is 9.00. The first-order valence-corrected chi connectivity index (χ1v) is 6.53. The maximum atomic E-state index is 12.0. The summed E-state index contributed by atoms with van der Waals surface area (Å²) in [4.78, 5) is 16.2. The van der Waals surface area contributed by atoms with Gasteiger partial charge in [-0.3, -0.25) is 9.78 Å². The Balaban J connectivity index is 2.15. The van der Waals surface area contributed by atoms with Gasteiger partial charge in [-0.05, 0) is 30.2 Å². The van der Waals surface area contributed by atoms with Gasteiger partial charge in [0.1, 0.15) is 0 Å². The van der Waals surface area contributed by atoms with Gasteiger partial charge in [0.15, 0.2) is 0 Å². The fourth-order valence-corrected chi connectivity index (χ4v) is 1.89. The Morgan fingerprint density at radius 2 is 2.21 bits per heavy atom. The van der Waals surface area contributed by atoms with Crippen LogP contribution < -0.4 is 11.1 Å². The number of hydrogen-bond acceptors (Lipinski definition) is 3. The van der Waals surface area contributed by atoms with Crippen LogP contribution in [0.15, 0.2) is 36.5 Å². The maximum absolute atomic E-state index is 12.0. The minimum Gasteiger partial charge on any atom is -0.325 e. The third kappa shape index (κ3) is 3.09. The molecule has 1 aromatic carbocycles. The SMILES string of the molecule is CC[C@H](C)[C@H](N)C(=O)Nc1ccc2ncccc2c1. The second-order valence-corrected chi connectivity index (χ2v) is 4.81. The zero-order chi connectivity index (χ0) is 13.8. The van der Waals surface area contributed by atoms with E-state index < -0.39 is 6.04 Å². The van der Waals surface area contributed by atoms with Crippen LogP contribution in [-0.4, -0.2) is 16.9 Å². The van der Waals surface area contributed by atoms with Crippen LogP contribution in [0.25, 0.3) is 10.9 Å². The largest absolute Gasteiger partial charge is 0.325 e. The van der Waals surface area contributed by atoms with Crippen LogP contribution in [-0.2, 0) is 4.79 Å². The fourth-order valence-electron chi connectivity index (χ4n) is 1.89. The summed E-state index contributed by atoms with van der Waals surface area (Å²) in [6.45, 7) is 4.01. The molecule has 1 amide bonds. The number of hydrogen-bond donors (Lipinski definition) is 2. The van der Waals surface area contributed by atoms with E-state index in [4.69, 9.17) is 5.73 Å². The average Bonchev–Trinajstić information content (AvgIpc) is 2.45. The molecule has 0 fully saturated rings. The van der Waals surface area contributed by atoms with E-state index in [9.17, 15) is 4.79 Å². The molecule has 19 heavy (non-hydrogen) atoms. The molecule has 0 aliphatic carbocycles. The summed E-state index contributed by atoms with van der Waals surface area (Å²) in [6.07, 6.45) is 2.63. The number of nitrogens with two attached hydrogens (primary N) is 1. The van der Waals surface area contributed by atoms with E-state index in [1.54, 1.807) is 6.20 Å². The molecule has 3 N–H and O–H groups in total. The number of fused-ring (bicyclic) bond motifs is 1. The number of pyridine rings is 1. The van der Waals surface area contributed by atoms with Crippen LogP contribution in [0.2, 0.25) is 0 Å². The standard InChI is InChI=1S/C15H19N3O/c1-3-10(2)14(16)15(19)18-12-6-7-13-11(9-12)5-4-8-17-13/h4-10,14H,3,16H2,1-2H3,(H,18,19)/t10-,14-/m0/s1. The summed E-state index contributed by atoms with van der Waals surface area (Å²) in [5.74, 6) is 0.0275. The number of rotatable bonds is 4. The van der Waals surface area contributed by atoms with Gasteiger partial charge in [-0.15, -0.1) is 0 Å². The summed E-state index contributed by atoms with van der Waals surface area (Å²) in [5.41, 5.74) is 7.57. The van der Waals surface area contributed by atoms with Crippen molar-refractivity contribution in [3.8, 4) is 0 Å². The smallest absolute Gasteiger partial charge is 0.241 e. The van der Waals surface area contributed by atoms with Crippen molar-refractivity contribution < 1.29 is 4.79 Å². The Bertz CT molecular complexity index is 582. The summed E-state index contributed by atoms with van der Waals surface area (Å²) >= 11 is 0. The molecule has 2 aromatic rings. The van der Waals surface area contributed by atoms with Crippen LogP contribution in [0.5, 0.6) is 0 Å². The van der Waals surface area contributed by atoms with Crippen molar-refractivity contribution in [3.63, 3.8) is 0 Å². The predicted octanol–water partition coefficient (Wildman–Crippen LogP) is 2.55. The van der Waals surface area contributed by atoms with E-state index in [1.807, 2.05) is 44.2 Å². The van der Waals surface area contributed by atoms with Crippen LogP contribution in [0.4, 0.5) is 5.69 Å². The van der Waals surface area contributed by atoms with Crippen LogP contribution in [0.1, 0.15) is 20.3 Å². The monoisotopic (exact) mass is 257 g/mol. The Hall–Kier alpha value is -1.94. The summed E-state index contributed by atoms with van der Waals surface area (Å²) < 4.78 is 0. The number of nitrogens with one attached hydrogen (secondary N) is 1. The zero-order valence-corrected chi connectivity index (χ0v) is 11.3. The second-order valence-electron chi connectivity index (χ2n) is 4.81. The Morgan fingerprint density at radius 1 is 1.42 bits per heavy atom. The zero-order valence-electron chi connectivity index (χ0n) is 11.3. The summed E-state index contributed by atoms with van der Waals surface area (Å²) in [5, 5.41) is 3.85. The number of nitrogens with zero attached hydrogens (tertiary/aromatic N) is 1. The van der Waals surface area contributed by atoms with Crippen molar-refractivity contribution >= 4 is 22.5 Å². The number of amides is 1. The number of carbonyl (C=O) groups excluding carboxylic acids is 1. The Kier molecular flexibility index (Phi) is 4.12. The van der Waals surface area contributed by atoms with Crippen molar-refractivity contribution in [2.75, 3.05) is 5.32 Å². The molecule has 2 rings (SSSR count). The minimum absolute atomic E-state index is 0.141. The molecular weight excluding hydrogens is 238 g/mol. The Labute approximate surface area is 113 Å². The molecule has 1 heterocycles. The first-order valence-electron chi connectivity index (χ1n) is 6.53. The molecule has 100 valence electrons. The number of benzene rings is 1. The van der Waals surface area contributed by atoms with E-state index in [0.717, 1.165) is 23.0 Å². The molecule has 0 unspecified atom stereocenters. The molecule has 2 atom stereocenters. The molecule has 0 bridgehead atoms. The lowest BCUT2D eigenvalue weighted by molar-refractivity contribution is -0.118. The lowest BCUT2D eigenvalue weighted by atomic mass is 9.99. The molecule has 0 spiro atoms. The van der Waals surface area contributed by atoms with E-state index in [0.29, 0.717) is 0 Å². The van der Waals surface area contributed by atoms with Gasteiger partial charge >= 0.3 is 0 Å². The van der Waals surface area contributed by atoms with Gasteiger partial charge in [-0.2, -0.15) is 0 Å². The highest BCUT2D eigenvalue weighted by Crippen LogP contribution is 2.17. The number of anilines is 1. The minimum atomic E-state index is -0.477. The van der Waals surface area contributed by atoms with Crippen molar-refractivity contribution in [2.24, 2.45) is 11.7 Å². The van der Waals surface area contributed by atoms with E-state index >= 15 is 0 Å². The van der Waals surface area contributed by atoms with Gasteiger partial charge in [-0.25, -0.2) is 0 Å². The van der Waals surface area contributed by atoms with Gasteiger partial charge in [0.2, 0.25) is 5.91 Å². The van der Waals surface area contributed by atoms with Gasteiger partial charge in [0.25, 0.3) is 0 Å². The molecule has 0 saturated carbocycles. The highest BCUT2D eigenvalue weighted by atomic mass is 16.2. The van der Waals surface area contributed by atoms with E-state index in [-0.39, 0.29) is 11.8 Å². The highest BCUT2D eigenvalue weighted by Gasteiger charge is 2.19. The van der Waals surface area contributed by atoms with Crippen molar-refractivity contribution in [3.05, 3.63) is 36.5 Å². The van der Waals surface area contributed by atoms with Crippen LogP contribution in [0.3, 0.4) is 0 Å². The van der Waals surface area contributed by atoms with Crippen LogP contribution >= 0.6 is 0 Å². The molecular formula is C15H19N3O. The molecule has 0 saturated heterocycles. The topological polar surface area (TPSA) is 68.0 Å². The Morgan fingerprint density at radius 3 is 2.95 bits per heavy atom. The van der Waals surface area contributed by atoms with E-state index in [1.165, 1.54) is 0 Å². The highest BCUT2D eigenvalue weighted by molar-refractivity contribution is 5.96. The molecule has 4 heteroatoms. The molecule has 0 aliphatic heterocycles. The van der Waals surface area contributed by atoms with Gasteiger partial charge < -0.3 is 11.1 Å². The quantitative estimate of drug-likeness (QED) is 0.884. The predicted molar refractivity (Wildman–Crippen MR) is 77.8 cm³/mol.